The molecule has 0 saturated heterocycles. The molecule has 5 nitrogen and oxygen atoms in total. The predicted octanol–water partition coefficient (Wildman–Crippen LogP) is 2.14. The minimum absolute atomic E-state index is 0.219. The highest BCUT2D eigenvalue weighted by atomic mass is 16.4. The lowest BCUT2D eigenvalue weighted by Gasteiger charge is -2.19. The van der Waals surface area contributed by atoms with Gasteiger partial charge in [-0.05, 0) is 49.2 Å². The molecule has 0 bridgehead atoms. The smallest absolute Gasteiger partial charge is 0.300 e. The van der Waals surface area contributed by atoms with Crippen LogP contribution in [0.25, 0.3) is 0 Å². The van der Waals surface area contributed by atoms with E-state index >= 15 is 0 Å². The van der Waals surface area contributed by atoms with E-state index in [0.717, 1.165) is 5.69 Å². The van der Waals surface area contributed by atoms with E-state index in [1.54, 1.807) is 12.1 Å². The number of hydrogen-bond acceptors (Lipinski definition) is 4. The standard InChI is InChI=1S/C15H19N3O2/c1-10-6-11(2)8-12(7-10)18(3)9-13-4-5-14(20-13)15(19)17-16/h4-8H,9,16H2,1-3H3,(H,17,19). The Hall–Kier alpha value is -2.27. The van der Waals surface area contributed by atoms with Crippen LogP contribution < -0.4 is 16.2 Å². The summed E-state index contributed by atoms with van der Waals surface area (Å²) in [7, 11) is 1.99. The molecular formula is C15H19N3O2. The number of carbonyl (C=O) groups excluding carboxylic acids is 1. The number of amides is 1. The van der Waals surface area contributed by atoms with Crippen molar-refractivity contribution >= 4 is 11.6 Å². The Morgan fingerprint density at radius 2 is 1.90 bits per heavy atom. The van der Waals surface area contributed by atoms with E-state index in [4.69, 9.17) is 10.3 Å². The summed E-state index contributed by atoms with van der Waals surface area (Å²) in [6.07, 6.45) is 0. The second kappa shape index (κ2) is 5.79. The number of carbonyl (C=O) groups is 1. The lowest BCUT2D eigenvalue weighted by molar-refractivity contribution is 0.0924. The number of anilines is 1. The Morgan fingerprint density at radius 1 is 1.25 bits per heavy atom. The highest BCUT2D eigenvalue weighted by molar-refractivity contribution is 5.90. The van der Waals surface area contributed by atoms with E-state index in [9.17, 15) is 4.79 Å². The number of aryl methyl sites for hydroxylation is 2. The van der Waals surface area contributed by atoms with Gasteiger partial charge >= 0.3 is 5.91 Å². The summed E-state index contributed by atoms with van der Waals surface area (Å²) in [4.78, 5) is 13.4. The van der Waals surface area contributed by atoms with Crippen LogP contribution in [-0.2, 0) is 6.54 Å². The zero-order valence-electron chi connectivity index (χ0n) is 11.9. The Kier molecular flexibility index (Phi) is 4.10. The average Bonchev–Trinajstić information content (AvgIpc) is 2.85. The van der Waals surface area contributed by atoms with Gasteiger partial charge in [-0.2, -0.15) is 0 Å². The molecule has 5 heteroatoms. The number of nitrogen functional groups attached to an aromatic ring is 1. The monoisotopic (exact) mass is 273 g/mol. The van der Waals surface area contributed by atoms with Crippen LogP contribution in [0.5, 0.6) is 0 Å². The minimum Gasteiger partial charge on any atom is -0.454 e. The van der Waals surface area contributed by atoms with Gasteiger partial charge in [0.05, 0.1) is 6.54 Å². The van der Waals surface area contributed by atoms with Gasteiger partial charge in [0, 0.05) is 12.7 Å². The Bertz CT molecular complexity index is 599. The van der Waals surface area contributed by atoms with Crippen LogP contribution in [-0.4, -0.2) is 13.0 Å². The molecule has 0 saturated carbocycles. The van der Waals surface area contributed by atoms with E-state index < -0.39 is 5.91 Å². The van der Waals surface area contributed by atoms with E-state index in [0.29, 0.717) is 12.3 Å². The fourth-order valence-corrected chi connectivity index (χ4v) is 2.15. The molecule has 1 aromatic heterocycles. The van der Waals surface area contributed by atoms with Crippen LogP contribution in [0.2, 0.25) is 0 Å². The van der Waals surface area contributed by atoms with Crippen LogP contribution in [0.3, 0.4) is 0 Å². The zero-order chi connectivity index (χ0) is 14.7. The summed E-state index contributed by atoms with van der Waals surface area (Å²) in [5.41, 5.74) is 5.60. The van der Waals surface area contributed by atoms with Gasteiger partial charge in [-0.15, -0.1) is 0 Å². The number of hydrogen-bond donors (Lipinski definition) is 2. The van der Waals surface area contributed by atoms with Crippen LogP contribution >= 0.6 is 0 Å². The number of benzene rings is 1. The van der Waals surface area contributed by atoms with Crippen LogP contribution in [0, 0.1) is 13.8 Å². The first-order valence-electron chi connectivity index (χ1n) is 6.38. The second-order valence-electron chi connectivity index (χ2n) is 4.94. The van der Waals surface area contributed by atoms with Gasteiger partial charge in [0.25, 0.3) is 0 Å². The van der Waals surface area contributed by atoms with Gasteiger partial charge in [-0.25, -0.2) is 5.84 Å². The van der Waals surface area contributed by atoms with Crippen molar-refractivity contribution < 1.29 is 9.21 Å². The highest BCUT2D eigenvalue weighted by Gasteiger charge is 2.11. The van der Waals surface area contributed by atoms with E-state index in [1.807, 2.05) is 12.5 Å². The molecule has 0 aliphatic heterocycles. The molecule has 1 amide bonds. The molecule has 0 unspecified atom stereocenters. The molecule has 106 valence electrons. The third kappa shape index (κ3) is 3.19. The van der Waals surface area contributed by atoms with Crippen LogP contribution in [0.1, 0.15) is 27.4 Å². The quantitative estimate of drug-likeness (QED) is 0.508. The van der Waals surface area contributed by atoms with Crippen molar-refractivity contribution in [1.29, 1.82) is 0 Å². The molecule has 1 heterocycles. The minimum atomic E-state index is -0.426. The molecule has 1 aromatic carbocycles. The maximum Gasteiger partial charge on any atom is 0.300 e. The van der Waals surface area contributed by atoms with E-state index in [2.05, 4.69) is 36.9 Å². The largest absolute Gasteiger partial charge is 0.454 e. The molecular weight excluding hydrogens is 254 g/mol. The first-order chi connectivity index (χ1) is 9.49. The molecule has 0 aliphatic rings. The summed E-state index contributed by atoms with van der Waals surface area (Å²) >= 11 is 0. The third-order valence-corrected chi connectivity index (χ3v) is 3.06. The Labute approximate surface area is 118 Å². The molecule has 0 aliphatic carbocycles. The average molecular weight is 273 g/mol. The maximum absolute atomic E-state index is 11.3. The molecule has 0 radical (unpaired) electrons. The lowest BCUT2D eigenvalue weighted by Crippen LogP contribution is -2.29. The van der Waals surface area contributed by atoms with E-state index in [-0.39, 0.29) is 5.76 Å². The van der Waals surface area contributed by atoms with Gasteiger partial charge in [-0.3, -0.25) is 10.2 Å². The molecule has 0 fully saturated rings. The van der Waals surface area contributed by atoms with Crippen LogP contribution in [0.15, 0.2) is 34.7 Å². The Morgan fingerprint density at radius 3 is 2.50 bits per heavy atom. The van der Waals surface area contributed by atoms with Gasteiger partial charge in [0.2, 0.25) is 0 Å². The second-order valence-corrected chi connectivity index (χ2v) is 4.94. The number of nitrogens with two attached hydrogens (primary N) is 1. The van der Waals surface area contributed by atoms with Crippen molar-refractivity contribution in [3.05, 3.63) is 53.0 Å². The van der Waals surface area contributed by atoms with Gasteiger partial charge in [0.1, 0.15) is 5.76 Å². The number of rotatable bonds is 4. The highest BCUT2D eigenvalue weighted by Crippen LogP contribution is 2.20. The summed E-state index contributed by atoms with van der Waals surface area (Å²) < 4.78 is 5.46. The summed E-state index contributed by atoms with van der Waals surface area (Å²) in [5, 5.41) is 0. The van der Waals surface area contributed by atoms with Crippen molar-refractivity contribution in [1.82, 2.24) is 5.43 Å². The molecule has 2 aromatic rings. The Balaban J connectivity index is 2.13. The summed E-state index contributed by atoms with van der Waals surface area (Å²) in [6.45, 7) is 4.72. The van der Waals surface area contributed by atoms with Gasteiger partial charge in [0.15, 0.2) is 5.76 Å². The number of nitrogens with one attached hydrogen (secondary N) is 1. The molecule has 0 atom stereocenters. The van der Waals surface area contributed by atoms with E-state index in [1.165, 1.54) is 11.1 Å². The number of hydrazine groups is 1. The predicted molar refractivity (Wildman–Crippen MR) is 78.4 cm³/mol. The SMILES string of the molecule is Cc1cc(C)cc(N(C)Cc2ccc(C(=O)NN)o2)c1. The topological polar surface area (TPSA) is 71.5 Å². The molecule has 0 spiro atoms. The third-order valence-electron chi connectivity index (χ3n) is 3.06. The fourth-order valence-electron chi connectivity index (χ4n) is 2.15. The summed E-state index contributed by atoms with van der Waals surface area (Å²) in [6, 6.07) is 9.76. The zero-order valence-corrected chi connectivity index (χ0v) is 11.9. The van der Waals surface area contributed by atoms with Crippen molar-refractivity contribution in [3.8, 4) is 0 Å². The van der Waals surface area contributed by atoms with Crippen molar-refractivity contribution in [2.24, 2.45) is 5.84 Å². The van der Waals surface area contributed by atoms with Crippen molar-refractivity contribution in [2.45, 2.75) is 20.4 Å². The van der Waals surface area contributed by atoms with Gasteiger partial charge < -0.3 is 9.32 Å². The lowest BCUT2D eigenvalue weighted by atomic mass is 10.1. The normalized spacial score (nSPS) is 10.4. The van der Waals surface area contributed by atoms with Crippen molar-refractivity contribution in [3.63, 3.8) is 0 Å². The summed E-state index contributed by atoms with van der Waals surface area (Å²) in [5.74, 6) is 5.58. The first-order valence-corrected chi connectivity index (χ1v) is 6.38. The van der Waals surface area contributed by atoms with Crippen LogP contribution in [0.4, 0.5) is 5.69 Å². The maximum atomic E-state index is 11.3. The first kappa shape index (κ1) is 14.1. The van der Waals surface area contributed by atoms with Gasteiger partial charge in [-0.1, -0.05) is 6.07 Å². The number of furan rings is 1. The molecule has 2 rings (SSSR count). The van der Waals surface area contributed by atoms with Crippen molar-refractivity contribution in [2.75, 3.05) is 11.9 Å². The molecule has 3 N–H and O–H groups in total. The number of nitrogens with zero attached hydrogens (tertiary/aromatic N) is 1. The molecule has 20 heavy (non-hydrogen) atoms. The fraction of sp³-hybridized carbons (Fsp3) is 0.267.